The molecule has 0 radical (unpaired) electrons. The van der Waals surface area contributed by atoms with Gasteiger partial charge in [-0.2, -0.15) is 0 Å². The van der Waals surface area contributed by atoms with Crippen LogP contribution in [-0.4, -0.2) is 7.05 Å². The number of rotatable bonds is 3. The molecule has 0 unspecified atom stereocenters. The van der Waals surface area contributed by atoms with Crippen molar-refractivity contribution >= 4 is 17.3 Å². The van der Waals surface area contributed by atoms with E-state index in [0.717, 1.165) is 5.69 Å². The van der Waals surface area contributed by atoms with Crippen LogP contribution in [0.25, 0.3) is 0 Å². The third kappa shape index (κ3) is 2.68. The van der Waals surface area contributed by atoms with Crippen molar-refractivity contribution in [2.24, 2.45) is 0 Å². The molecule has 0 aliphatic rings. The van der Waals surface area contributed by atoms with Crippen molar-refractivity contribution in [2.75, 3.05) is 12.4 Å². The Morgan fingerprint density at radius 1 is 1.12 bits per heavy atom. The van der Waals surface area contributed by atoms with Crippen molar-refractivity contribution in [1.82, 2.24) is 0 Å². The van der Waals surface area contributed by atoms with E-state index >= 15 is 0 Å². The van der Waals surface area contributed by atoms with E-state index in [-0.39, 0.29) is 5.75 Å². The second-order valence-electron chi connectivity index (χ2n) is 3.42. The first-order valence-corrected chi connectivity index (χ1v) is 5.48. The quantitative estimate of drug-likeness (QED) is 0.878. The average molecular weight is 252 g/mol. The minimum Gasteiger partial charge on any atom is -0.452 e. The monoisotopic (exact) mass is 251 g/mol. The summed E-state index contributed by atoms with van der Waals surface area (Å²) in [6, 6.07) is 11.4. The van der Waals surface area contributed by atoms with Crippen LogP contribution < -0.4 is 10.1 Å². The third-order valence-electron chi connectivity index (χ3n) is 2.27. The molecule has 0 saturated carbocycles. The molecule has 4 heteroatoms. The Hall–Kier alpha value is -1.74. The Labute approximate surface area is 104 Å². The molecule has 1 N–H and O–H groups in total. The zero-order chi connectivity index (χ0) is 12.3. The van der Waals surface area contributed by atoms with E-state index in [1.54, 1.807) is 43.4 Å². The van der Waals surface area contributed by atoms with Gasteiger partial charge in [-0.15, -0.1) is 0 Å². The Bertz CT molecular complexity index is 531. The van der Waals surface area contributed by atoms with Crippen molar-refractivity contribution in [3.8, 4) is 11.5 Å². The molecule has 0 saturated heterocycles. The zero-order valence-corrected chi connectivity index (χ0v) is 9.96. The highest BCUT2D eigenvalue weighted by atomic mass is 35.5. The molecule has 0 aliphatic heterocycles. The van der Waals surface area contributed by atoms with Gasteiger partial charge in [0.15, 0.2) is 17.3 Å². The summed E-state index contributed by atoms with van der Waals surface area (Å²) in [7, 11) is 1.76. The Balaban J connectivity index is 2.35. The molecule has 0 fully saturated rings. The maximum Gasteiger partial charge on any atom is 0.165 e. The van der Waals surface area contributed by atoms with E-state index in [0.29, 0.717) is 10.8 Å². The first kappa shape index (κ1) is 11.7. The van der Waals surface area contributed by atoms with Crippen LogP contribution in [0.2, 0.25) is 5.02 Å². The number of ether oxygens (including phenoxy) is 1. The maximum atomic E-state index is 13.4. The Kier molecular flexibility index (Phi) is 3.49. The van der Waals surface area contributed by atoms with Crippen LogP contribution in [0.4, 0.5) is 10.1 Å². The molecule has 2 rings (SSSR count). The third-order valence-corrected chi connectivity index (χ3v) is 2.50. The van der Waals surface area contributed by atoms with Gasteiger partial charge in [-0.25, -0.2) is 4.39 Å². The smallest absolute Gasteiger partial charge is 0.165 e. The van der Waals surface area contributed by atoms with Gasteiger partial charge in [0.05, 0.1) is 5.69 Å². The van der Waals surface area contributed by atoms with Gasteiger partial charge < -0.3 is 10.1 Å². The predicted molar refractivity (Wildman–Crippen MR) is 67.5 cm³/mol. The molecule has 17 heavy (non-hydrogen) atoms. The average Bonchev–Trinajstić information content (AvgIpc) is 2.32. The second-order valence-corrected chi connectivity index (χ2v) is 3.86. The van der Waals surface area contributed by atoms with Gasteiger partial charge in [0, 0.05) is 18.1 Å². The summed E-state index contributed by atoms with van der Waals surface area (Å²) >= 11 is 5.88. The zero-order valence-electron chi connectivity index (χ0n) is 9.21. The van der Waals surface area contributed by atoms with Gasteiger partial charge in [-0.3, -0.25) is 0 Å². The molecular formula is C13H11ClFNO. The lowest BCUT2D eigenvalue weighted by Crippen LogP contribution is -1.94. The topological polar surface area (TPSA) is 21.3 Å². The van der Waals surface area contributed by atoms with E-state index in [9.17, 15) is 4.39 Å². The van der Waals surface area contributed by atoms with Crippen LogP contribution in [0, 0.1) is 5.82 Å². The molecule has 0 aliphatic carbocycles. The second kappa shape index (κ2) is 5.06. The molecule has 2 aromatic carbocycles. The van der Waals surface area contributed by atoms with Gasteiger partial charge in [0.2, 0.25) is 0 Å². The molecule has 0 heterocycles. The fraction of sp³-hybridized carbons (Fsp3) is 0.0769. The van der Waals surface area contributed by atoms with Crippen LogP contribution in [0.5, 0.6) is 11.5 Å². The van der Waals surface area contributed by atoms with Crippen molar-refractivity contribution < 1.29 is 9.13 Å². The highest BCUT2D eigenvalue weighted by Crippen LogP contribution is 2.32. The van der Waals surface area contributed by atoms with Crippen LogP contribution in [-0.2, 0) is 0 Å². The lowest BCUT2D eigenvalue weighted by Gasteiger charge is -2.11. The van der Waals surface area contributed by atoms with Crippen molar-refractivity contribution in [3.05, 3.63) is 53.3 Å². The molecule has 0 amide bonds. The maximum absolute atomic E-state index is 13.4. The molecule has 88 valence electrons. The summed E-state index contributed by atoms with van der Waals surface area (Å²) < 4.78 is 18.9. The minimum atomic E-state index is -0.408. The largest absolute Gasteiger partial charge is 0.452 e. The normalized spacial score (nSPS) is 10.1. The number of nitrogens with one attached hydrogen (secondary N) is 1. The molecule has 0 spiro atoms. The molecule has 2 aromatic rings. The molecule has 0 bridgehead atoms. The Morgan fingerprint density at radius 2 is 1.88 bits per heavy atom. The summed E-state index contributed by atoms with van der Waals surface area (Å²) in [5, 5.41) is 3.49. The first-order chi connectivity index (χ1) is 8.20. The van der Waals surface area contributed by atoms with Gasteiger partial charge in [0.25, 0.3) is 0 Å². The number of anilines is 1. The number of hydrogen-bond donors (Lipinski definition) is 1. The van der Waals surface area contributed by atoms with Gasteiger partial charge in [0.1, 0.15) is 0 Å². The van der Waals surface area contributed by atoms with E-state index in [1.807, 2.05) is 0 Å². The molecule has 0 aromatic heterocycles. The van der Waals surface area contributed by atoms with Crippen molar-refractivity contribution in [1.29, 1.82) is 0 Å². The van der Waals surface area contributed by atoms with E-state index < -0.39 is 5.82 Å². The summed E-state index contributed by atoms with van der Waals surface area (Å²) in [5.74, 6) is 0.255. The van der Waals surface area contributed by atoms with E-state index in [2.05, 4.69) is 5.32 Å². The van der Waals surface area contributed by atoms with E-state index in [1.165, 1.54) is 6.07 Å². The number of benzene rings is 2. The fourth-order valence-electron chi connectivity index (χ4n) is 1.43. The summed E-state index contributed by atoms with van der Waals surface area (Å²) in [5.41, 5.74) is 0.748. The number of hydrogen-bond acceptors (Lipinski definition) is 2. The van der Waals surface area contributed by atoms with Crippen LogP contribution in [0.15, 0.2) is 42.5 Å². The molecular weight excluding hydrogens is 241 g/mol. The highest BCUT2D eigenvalue weighted by molar-refractivity contribution is 6.30. The van der Waals surface area contributed by atoms with Gasteiger partial charge in [-0.05, 0) is 24.3 Å². The van der Waals surface area contributed by atoms with Crippen LogP contribution >= 0.6 is 11.6 Å². The van der Waals surface area contributed by atoms with Gasteiger partial charge in [-0.1, -0.05) is 23.7 Å². The number of halogens is 2. The van der Waals surface area contributed by atoms with Gasteiger partial charge >= 0.3 is 0 Å². The minimum absolute atomic E-state index is 0.172. The fourth-order valence-corrected chi connectivity index (χ4v) is 1.60. The predicted octanol–water partition coefficient (Wildman–Crippen LogP) is 4.31. The van der Waals surface area contributed by atoms with Crippen LogP contribution in [0.1, 0.15) is 0 Å². The van der Waals surface area contributed by atoms with Crippen molar-refractivity contribution in [2.45, 2.75) is 0 Å². The lowest BCUT2D eigenvalue weighted by molar-refractivity contribution is 0.444. The molecule has 0 atom stereocenters. The summed E-state index contributed by atoms with van der Waals surface area (Å²) in [6.07, 6.45) is 0. The molecule has 2 nitrogen and oxygen atoms in total. The standard InChI is InChI=1S/C13H11ClFNO/c1-16-11-7-6-9(14)8-13(11)17-12-5-3-2-4-10(12)15/h2-8,16H,1H3. The SMILES string of the molecule is CNc1ccc(Cl)cc1Oc1ccccc1F. The lowest BCUT2D eigenvalue weighted by atomic mass is 10.3. The highest BCUT2D eigenvalue weighted by Gasteiger charge is 2.07. The first-order valence-electron chi connectivity index (χ1n) is 5.10. The Morgan fingerprint density at radius 3 is 2.59 bits per heavy atom. The summed E-state index contributed by atoms with van der Waals surface area (Å²) in [6.45, 7) is 0. The number of para-hydroxylation sites is 1. The van der Waals surface area contributed by atoms with Crippen LogP contribution in [0.3, 0.4) is 0 Å². The van der Waals surface area contributed by atoms with E-state index in [4.69, 9.17) is 16.3 Å². The summed E-state index contributed by atoms with van der Waals surface area (Å²) in [4.78, 5) is 0. The van der Waals surface area contributed by atoms with Crippen molar-refractivity contribution in [3.63, 3.8) is 0 Å².